The van der Waals surface area contributed by atoms with E-state index in [-0.39, 0.29) is 43.7 Å². The van der Waals surface area contributed by atoms with Crippen LogP contribution >= 0.6 is 0 Å². The van der Waals surface area contributed by atoms with Crippen molar-refractivity contribution >= 4 is 21.7 Å². The lowest BCUT2D eigenvalue weighted by molar-refractivity contribution is -0.122. The Morgan fingerprint density at radius 3 is 1.76 bits per heavy atom. The molecule has 5 nitrogen and oxygen atoms in total. The number of carbonyl (C=O) groups is 2. The number of rotatable bonds is 7. The van der Waals surface area contributed by atoms with Crippen molar-refractivity contribution < 1.29 is 22.6 Å². The summed E-state index contributed by atoms with van der Waals surface area (Å²) < 4.78 is 31.8. The van der Waals surface area contributed by atoms with E-state index in [9.17, 15) is 22.6 Å². The number of benzene rings is 1. The molecule has 25 heavy (non-hydrogen) atoms. The molecule has 0 aliphatic rings. The van der Waals surface area contributed by atoms with E-state index < -0.39 is 15.4 Å². The second-order valence-electron chi connectivity index (χ2n) is 6.42. The van der Waals surface area contributed by atoms with Crippen LogP contribution in [0.15, 0.2) is 30.3 Å². The minimum atomic E-state index is -4.21. The molecule has 0 radical (unpaired) electrons. The van der Waals surface area contributed by atoms with E-state index in [4.69, 9.17) is 0 Å². The predicted molar refractivity (Wildman–Crippen MR) is 102 cm³/mol. The zero-order valence-electron chi connectivity index (χ0n) is 15.0. The van der Waals surface area contributed by atoms with E-state index in [0.717, 1.165) is 5.56 Å². The number of hydrogen-bond donors (Lipinski definition) is 1. The molecule has 1 rings (SSSR count). The number of ketones is 2. The van der Waals surface area contributed by atoms with Crippen molar-refractivity contribution in [3.8, 4) is 0 Å². The first-order valence-electron chi connectivity index (χ1n) is 7.98. The minimum absolute atomic E-state index is 0. The highest BCUT2D eigenvalue weighted by Gasteiger charge is 2.27. The van der Waals surface area contributed by atoms with Crippen LogP contribution in [0.3, 0.4) is 0 Å². The molecule has 1 N–H and O–H groups in total. The molecule has 0 aliphatic carbocycles. The van der Waals surface area contributed by atoms with Gasteiger partial charge in [-0.1, -0.05) is 65.5 Å². The summed E-state index contributed by atoms with van der Waals surface area (Å²) in [6.07, 6.45) is 0.00350. The molecule has 0 unspecified atom stereocenters. The molecule has 0 aliphatic heterocycles. The van der Waals surface area contributed by atoms with Crippen molar-refractivity contribution in [3.63, 3.8) is 0 Å². The highest BCUT2D eigenvalue weighted by atomic mass is 32.2. The van der Waals surface area contributed by atoms with Crippen molar-refractivity contribution in [3.05, 3.63) is 35.9 Å². The zero-order chi connectivity index (χ0) is 18.9. The Hall–Kier alpha value is -1.53. The monoisotopic (exact) mass is 372 g/mol. The Bertz CT molecular complexity index is 618. The average molecular weight is 373 g/mol. The summed E-state index contributed by atoms with van der Waals surface area (Å²) in [7, 11) is -4.21. The fourth-order valence-corrected chi connectivity index (χ4v) is 2.40. The van der Waals surface area contributed by atoms with Gasteiger partial charge in [0.25, 0.3) is 10.1 Å². The highest BCUT2D eigenvalue weighted by molar-refractivity contribution is 7.86. The maximum absolute atomic E-state index is 11.6. The van der Waals surface area contributed by atoms with Crippen LogP contribution in [0.2, 0.25) is 0 Å². The van der Waals surface area contributed by atoms with Crippen LogP contribution in [0.1, 0.15) is 54.0 Å². The van der Waals surface area contributed by atoms with Gasteiger partial charge in [0.2, 0.25) is 0 Å². The Balaban J connectivity index is 0. The van der Waals surface area contributed by atoms with Crippen molar-refractivity contribution in [1.29, 1.82) is 0 Å². The Morgan fingerprint density at radius 2 is 1.44 bits per heavy atom. The van der Waals surface area contributed by atoms with Crippen molar-refractivity contribution in [1.82, 2.24) is 0 Å². The summed E-state index contributed by atoms with van der Waals surface area (Å²) >= 11 is 0. The van der Waals surface area contributed by atoms with Crippen molar-refractivity contribution in [2.24, 2.45) is 11.8 Å². The van der Waals surface area contributed by atoms with Crippen molar-refractivity contribution in [2.75, 3.05) is 0 Å². The summed E-state index contributed by atoms with van der Waals surface area (Å²) in [5.41, 5.74) is 0.789. The van der Waals surface area contributed by atoms with Crippen molar-refractivity contribution in [2.45, 2.75) is 60.1 Å². The number of Topliss-reactive ketones (excluding diaryl/α,β-unsaturated/α-hetero) is 2. The summed E-state index contributed by atoms with van der Waals surface area (Å²) in [6.45, 7) is 8.81. The summed E-state index contributed by atoms with van der Waals surface area (Å²) in [6, 6.07) is 8.96. The molecule has 0 fully saturated rings. The molecule has 0 saturated heterocycles. The van der Waals surface area contributed by atoms with Crippen LogP contribution in [0.25, 0.3) is 0 Å². The van der Waals surface area contributed by atoms with E-state index in [1.165, 1.54) is 0 Å². The van der Waals surface area contributed by atoms with E-state index in [0.29, 0.717) is 0 Å². The van der Waals surface area contributed by atoms with Gasteiger partial charge in [-0.2, -0.15) is 8.42 Å². The van der Waals surface area contributed by atoms with Crippen LogP contribution in [-0.2, 0) is 26.1 Å². The molecule has 1 atom stereocenters. The molecule has 1 aromatic carbocycles. The van der Waals surface area contributed by atoms with Gasteiger partial charge in [0.15, 0.2) is 0 Å². The largest absolute Gasteiger partial charge is 0.300 e. The number of hydrogen-bond acceptors (Lipinski definition) is 4. The summed E-state index contributed by atoms with van der Waals surface area (Å²) in [5, 5.41) is -1.06. The van der Waals surface area contributed by atoms with Gasteiger partial charge in [0, 0.05) is 18.3 Å². The molecule has 0 saturated carbocycles. The first-order valence-corrected chi connectivity index (χ1v) is 9.48. The average Bonchev–Trinajstić information content (AvgIpc) is 2.47. The SMILES string of the molecule is C.CC(=O)C(C)C.CC(C)C(=O)C[C@@H](Cc1ccccc1)S(=O)(=O)O. The Morgan fingerprint density at radius 1 is 1.00 bits per heavy atom. The van der Waals surface area contributed by atoms with Crippen LogP contribution in [0.5, 0.6) is 0 Å². The smallest absolute Gasteiger partial charge is 0.268 e. The van der Waals surface area contributed by atoms with E-state index >= 15 is 0 Å². The third-order valence-electron chi connectivity index (χ3n) is 3.61. The van der Waals surface area contributed by atoms with Gasteiger partial charge in [-0.05, 0) is 18.9 Å². The number of carbonyl (C=O) groups excluding carboxylic acids is 2. The van der Waals surface area contributed by atoms with Crippen LogP contribution in [0, 0.1) is 11.8 Å². The van der Waals surface area contributed by atoms with Crippen LogP contribution in [0.4, 0.5) is 0 Å². The standard InChI is InChI=1S/C13H18O4S.C5H10O.CH4/c1-10(2)13(14)9-12(18(15,16)17)8-11-6-4-3-5-7-11;1-4(2)5(3)6;/h3-7,10,12H,8-9H2,1-2H3,(H,15,16,17);4H,1-3H3;1H4/t12-;;/m1../s1. The van der Waals surface area contributed by atoms with E-state index in [2.05, 4.69) is 0 Å². The van der Waals surface area contributed by atoms with Gasteiger partial charge in [-0.3, -0.25) is 14.1 Å². The lowest BCUT2D eigenvalue weighted by Crippen LogP contribution is -2.27. The molecule has 1 aromatic rings. The molecule has 144 valence electrons. The molecule has 0 aromatic heterocycles. The fraction of sp³-hybridized carbons (Fsp3) is 0.579. The first-order chi connectivity index (χ1) is 10.9. The minimum Gasteiger partial charge on any atom is -0.300 e. The third kappa shape index (κ3) is 11.6. The van der Waals surface area contributed by atoms with Gasteiger partial charge in [0.1, 0.15) is 11.6 Å². The topological polar surface area (TPSA) is 88.5 Å². The van der Waals surface area contributed by atoms with Gasteiger partial charge in [-0.15, -0.1) is 0 Å². The molecular formula is C19H32O5S. The van der Waals surface area contributed by atoms with Gasteiger partial charge in [0.05, 0.1) is 5.25 Å². The summed E-state index contributed by atoms with van der Waals surface area (Å²) in [5.74, 6) is 0.0820. The maximum atomic E-state index is 11.6. The summed E-state index contributed by atoms with van der Waals surface area (Å²) in [4.78, 5) is 21.8. The normalized spacial score (nSPS) is 12.0. The van der Waals surface area contributed by atoms with Gasteiger partial charge >= 0.3 is 0 Å². The Kier molecular flexibility index (Phi) is 12.3. The molecule has 6 heteroatoms. The van der Waals surface area contributed by atoms with Gasteiger partial charge < -0.3 is 0 Å². The van der Waals surface area contributed by atoms with Crippen LogP contribution < -0.4 is 0 Å². The molecule has 0 amide bonds. The first kappa shape index (κ1) is 25.7. The van der Waals surface area contributed by atoms with Crippen LogP contribution in [-0.4, -0.2) is 29.8 Å². The van der Waals surface area contributed by atoms with E-state index in [1.54, 1.807) is 45.0 Å². The lowest BCUT2D eigenvalue weighted by Gasteiger charge is -2.14. The highest BCUT2D eigenvalue weighted by Crippen LogP contribution is 2.15. The fourth-order valence-electron chi connectivity index (χ4n) is 1.62. The Labute approximate surface area is 152 Å². The third-order valence-corrected chi connectivity index (χ3v) is 4.79. The second-order valence-corrected chi connectivity index (χ2v) is 8.11. The molecular weight excluding hydrogens is 340 g/mol. The molecule has 0 spiro atoms. The molecule has 0 bridgehead atoms. The lowest BCUT2D eigenvalue weighted by atomic mass is 10.0. The quantitative estimate of drug-likeness (QED) is 0.732. The molecule has 0 heterocycles. The van der Waals surface area contributed by atoms with Gasteiger partial charge in [-0.25, -0.2) is 0 Å². The maximum Gasteiger partial charge on any atom is 0.268 e. The zero-order valence-corrected chi connectivity index (χ0v) is 15.8. The van der Waals surface area contributed by atoms with E-state index in [1.807, 2.05) is 19.9 Å². The predicted octanol–water partition coefficient (Wildman–Crippen LogP) is 3.97. The second kappa shape index (κ2) is 11.9.